The van der Waals surface area contributed by atoms with Crippen molar-refractivity contribution in [3.05, 3.63) is 11.5 Å². The van der Waals surface area contributed by atoms with Gasteiger partial charge in [0.1, 0.15) is 11.6 Å². The Balaban J connectivity index is 2.34. The third kappa shape index (κ3) is 1.32. The third-order valence-corrected chi connectivity index (χ3v) is 3.08. The molecule has 0 amide bonds. The van der Waals surface area contributed by atoms with Gasteiger partial charge in [0.15, 0.2) is 0 Å². The number of rotatable bonds is 1. The lowest BCUT2D eigenvalue weighted by atomic mass is 10.1. The molecule has 0 saturated heterocycles. The Morgan fingerprint density at radius 2 is 2.00 bits per heavy atom. The Bertz CT molecular complexity index is 308. The number of hydrogen-bond donors (Lipinski definition) is 1. The molecule has 1 heterocycles. The van der Waals surface area contributed by atoms with Gasteiger partial charge < -0.3 is 10.3 Å². The number of hydrogen-bond acceptors (Lipinski definition) is 2. The van der Waals surface area contributed by atoms with Crippen LogP contribution in [0.5, 0.6) is 0 Å². The van der Waals surface area contributed by atoms with Gasteiger partial charge in [0, 0.05) is 13.0 Å². The van der Waals surface area contributed by atoms with E-state index < -0.39 is 0 Å². The van der Waals surface area contributed by atoms with Crippen molar-refractivity contribution >= 4 is 5.82 Å². The fourth-order valence-electron chi connectivity index (χ4n) is 2.22. The highest BCUT2D eigenvalue weighted by molar-refractivity contribution is 5.37. The van der Waals surface area contributed by atoms with Crippen LogP contribution in [0.1, 0.15) is 43.1 Å². The minimum Gasteiger partial charge on any atom is -0.384 e. The number of anilines is 1. The molecule has 1 aliphatic carbocycles. The highest BCUT2D eigenvalue weighted by Gasteiger charge is 2.22. The van der Waals surface area contributed by atoms with E-state index in [-0.39, 0.29) is 0 Å². The van der Waals surface area contributed by atoms with Crippen molar-refractivity contribution in [2.75, 3.05) is 5.73 Å². The zero-order valence-corrected chi connectivity index (χ0v) is 8.38. The standard InChI is InChI=1S/C10H17N3/c1-7-9(11)13(2)10(12-7)8-5-3-4-6-8/h8H,3-6,11H2,1-2H3. The van der Waals surface area contributed by atoms with Crippen LogP contribution in [0.25, 0.3) is 0 Å². The summed E-state index contributed by atoms with van der Waals surface area (Å²) in [5.41, 5.74) is 6.85. The smallest absolute Gasteiger partial charge is 0.126 e. The average molecular weight is 179 g/mol. The molecule has 0 unspecified atom stereocenters. The van der Waals surface area contributed by atoms with Crippen LogP contribution < -0.4 is 5.73 Å². The summed E-state index contributed by atoms with van der Waals surface area (Å²) in [7, 11) is 2.02. The first-order chi connectivity index (χ1) is 6.20. The second-order valence-corrected chi connectivity index (χ2v) is 3.98. The lowest BCUT2D eigenvalue weighted by Crippen LogP contribution is -2.05. The van der Waals surface area contributed by atoms with Crippen LogP contribution in [0, 0.1) is 6.92 Å². The van der Waals surface area contributed by atoms with Gasteiger partial charge in [-0.3, -0.25) is 0 Å². The van der Waals surface area contributed by atoms with Crippen LogP contribution in [0.3, 0.4) is 0 Å². The minimum absolute atomic E-state index is 0.654. The summed E-state index contributed by atoms with van der Waals surface area (Å²) in [6.45, 7) is 1.98. The van der Waals surface area contributed by atoms with E-state index in [9.17, 15) is 0 Å². The van der Waals surface area contributed by atoms with E-state index >= 15 is 0 Å². The number of nitrogens with two attached hydrogens (primary N) is 1. The molecule has 2 N–H and O–H groups in total. The molecule has 0 aliphatic heterocycles. The van der Waals surface area contributed by atoms with Crippen molar-refractivity contribution in [1.82, 2.24) is 9.55 Å². The first-order valence-corrected chi connectivity index (χ1v) is 4.99. The van der Waals surface area contributed by atoms with Crippen molar-refractivity contribution < 1.29 is 0 Å². The molecule has 13 heavy (non-hydrogen) atoms. The molecule has 2 rings (SSSR count). The normalized spacial score (nSPS) is 18.3. The summed E-state index contributed by atoms with van der Waals surface area (Å²) in [4.78, 5) is 4.53. The Morgan fingerprint density at radius 3 is 2.46 bits per heavy atom. The summed E-state index contributed by atoms with van der Waals surface area (Å²) < 4.78 is 2.05. The zero-order chi connectivity index (χ0) is 9.42. The molecule has 1 fully saturated rings. The average Bonchev–Trinajstić information content (AvgIpc) is 2.70. The molecule has 0 atom stereocenters. The number of aryl methyl sites for hydroxylation is 1. The van der Waals surface area contributed by atoms with E-state index in [0.29, 0.717) is 5.92 Å². The Morgan fingerprint density at radius 1 is 1.38 bits per heavy atom. The van der Waals surface area contributed by atoms with Gasteiger partial charge in [-0.2, -0.15) is 0 Å². The van der Waals surface area contributed by atoms with E-state index in [2.05, 4.69) is 4.98 Å². The summed E-state index contributed by atoms with van der Waals surface area (Å²) >= 11 is 0. The quantitative estimate of drug-likeness (QED) is 0.716. The molecule has 0 bridgehead atoms. The molecule has 72 valence electrons. The van der Waals surface area contributed by atoms with E-state index in [1.165, 1.54) is 31.5 Å². The van der Waals surface area contributed by atoms with Gasteiger partial charge in [0.05, 0.1) is 5.69 Å². The highest BCUT2D eigenvalue weighted by atomic mass is 15.1. The highest BCUT2D eigenvalue weighted by Crippen LogP contribution is 2.34. The maximum absolute atomic E-state index is 5.87. The summed E-state index contributed by atoms with van der Waals surface area (Å²) in [5.74, 6) is 2.66. The van der Waals surface area contributed by atoms with Gasteiger partial charge in [-0.25, -0.2) is 4.98 Å². The second kappa shape index (κ2) is 3.05. The first-order valence-electron chi connectivity index (χ1n) is 4.99. The van der Waals surface area contributed by atoms with Gasteiger partial charge >= 0.3 is 0 Å². The fourth-order valence-corrected chi connectivity index (χ4v) is 2.22. The molecular formula is C10H17N3. The fraction of sp³-hybridized carbons (Fsp3) is 0.700. The van der Waals surface area contributed by atoms with Crippen LogP contribution in [0.4, 0.5) is 5.82 Å². The largest absolute Gasteiger partial charge is 0.384 e. The number of nitrogen functional groups attached to an aromatic ring is 1. The van der Waals surface area contributed by atoms with Crippen molar-refractivity contribution in [2.45, 2.75) is 38.5 Å². The van der Waals surface area contributed by atoms with Crippen LogP contribution in [0.15, 0.2) is 0 Å². The zero-order valence-electron chi connectivity index (χ0n) is 8.38. The number of aromatic nitrogens is 2. The summed E-state index contributed by atoms with van der Waals surface area (Å²) in [6, 6.07) is 0. The first kappa shape index (κ1) is 8.60. The molecule has 0 spiro atoms. The third-order valence-electron chi connectivity index (χ3n) is 3.08. The Hall–Kier alpha value is -0.990. The topological polar surface area (TPSA) is 43.8 Å². The van der Waals surface area contributed by atoms with E-state index in [4.69, 9.17) is 5.73 Å². The molecular weight excluding hydrogens is 162 g/mol. The van der Waals surface area contributed by atoms with E-state index in [0.717, 1.165) is 11.5 Å². The predicted molar refractivity (Wildman–Crippen MR) is 53.6 cm³/mol. The number of imidazole rings is 1. The molecule has 3 nitrogen and oxygen atoms in total. The monoisotopic (exact) mass is 179 g/mol. The maximum atomic E-state index is 5.87. The van der Waals surface area contributed by atoms with Gasteiger partial charge in [0.25, 0.3) is 0 Å². The SMILES string of the molecule is Cc1nc(C2CCCC2)n(C)c1N. The molecule has 0 aromatic carbocycles. The van der Waals surface area contributed by atoms with Crippen molar-refractivity contribution in [2.24, 2.45) is 7.05 Å². The minimum atomic E-state index is 0.654. The maximum Gasteiger partial charge on any atom is 0.126 e. The molecule has 1 aromatic rings. The van der Waals surface area contributed by atoms with Crippen LogP contribution in [0.2, 0.25) is 0 Å². The lowest BCUT2D eigenvalue weighted by molar-refractivity contribution is 0.634. The molecule has 0 radical (unpaired) electrons. The molecule has 1 aromatic heterocycles. The van der Waals surface area contributed by atoms with Crippen molar-refractivity contribution in [3.63, 3.8) is 0 Å². The van der Waals surface area contributed by atoms with Crippen LogP contribution in [-0.4, -0.2) is 9.55 Å². The lowest BCUT2D eigenvalue weighted by Gasteiger charge is -2.08. The van der Waals surface area contributed by atoms with Gasteiger partial charge in [-0.1, -0.05) is 12.8 Å². The molecule has 1 saturated carbocycles. The van der Waals surface area contributed by atoms with E-state index in [1.54, 1.807) is 0 Å². The molecule has 3 heteroatoms. The van der Waals surface area contributed by atoms with Gasteiger partial charge in [0.2, 0.25) is 0 Å². The summed E-state index contributed by atoms with van der Waals surface area (Å²) in [5, 5.41) is 0. The predicted octanol–water partition coefficient (Wildman–Crippen LogP) is 1.97. The van der Waals surface area contributed by atoms with Crippen LogP contribution >= 0.6 is 0 Å². The van der Waals surface area contributed by atoms with Crippen molar-refractivity contribution in [3.8, 4) is 0 Å². The van der Waals surface area contributed by atoms with E-state index in [1.807, 2.05) is 18.5 Å². The summed E-state index contributed by atoms with van der Waals surface area (Å²) in [6.07, 6.45) is 5.25. The van der Waals surface area contributed by atoms with Gasteiger partial charge in [-0.15, -0.1) is 0 Å². The van der Waals surface area contributed by atoms with Gasteiger partial charge in [-0.05, 0) is 19.8 Å². The Kier molecular flexibility index (Phi) is 2.02. The second-order valence-electron chi connectivity index (χ2n) is 3.98. The van der Waals surface area contributed by atoms with Crippen LogP contribution in [-0.2, 0) is 7.05 Å². The molecule has 1 aliphatic rings. The van der Waals surface area contributed by atoms with Crippen molar-refractivity contribution in [1.29, 1.82) is 0 Å². The Labute approximate surface area is 79.0 Å². The number of nitrogens with zero attached hydrogens (tertiary/aromatic N) is 2.